The van der Waals surface area contributed by atoms with Gasteiger partial charge < -0.3 is 23.7 Å². The summed E-state index contributed by atoms with van der Waals surface area (Å²) in [5, 5.41) is 0. The molecule has 6 rings (SSSR count). The molecule has 0 aromatic heterocycles. The quantitative estimate of drug-likeness (QED) is 0.122. The van der Waals surface area contributed by atoms with E-state index in [2.05, 4.69) is 17.8 Å². The van der Waals surface area contributed by atoms with E-state index < -0.39 is 30.5 Å². The third-order valence-corrected chi connectivity index (χ3v) is 8.31. The van der Waals surface area contributed by atoms with Crippen molar-refractivity contribution in [1.82, 2.24) is 0 Å². The zero-order valence-corrected chi connectivity index (χ0v) is 27.4. The van der Waals surface area contributed by atoms with Crippen LogP contribution < -0.4 is 0 Å². The summed E-state index contributed by atoms with van der Waals surface area (Å²) in [6.45, 7) is 1.78. The fourth-order valence-corrected chi connectivity index (χ4v) is 5.77. The largest absolute Gasteiger partial charge is 0.374 e. The maximum atomic E-state index is 6.82. The molecular formula is C44H40O5. The predicted molar refractivity (Wildman–Crippen MR) is 191 cm³/mol. The van der Waals surface area contributed by atoms with Crippen molar-refractivity contribution in [3.8, 4) is 24.2 Å². The van der Waals surface area contributed by atoms with Crippen LogP contribution in [0.4, 0.5) is 0 Å². The first-order chi connectivity index (χ1) is 24.3. The van der Waals surface area contributed by atoms with Crippen LogP contribution >= 0.6 is 0 Å². The van der Waals surface area contributed by atoms with Gasteiger partial charge in [-0.1, -0.05) is 151 Å². The number of terminal acetylenes is 1. The molecule has 0 N–H and O–H groups in total. The maximum absolute atomic E-state index is 6.82. The topological polar surface area (TPSA) is 46.2 Å². The van der Waals surface area contributed by atoms with Crippen LogP contribution in [-0.2, 0) is 50.1 Å². The van der Waals surface area contributed by atoms with E-state index in [1.807, 2.05) is 146 Å². The van der Waals surface area contributed by atoms with Crippen LogP contribution in [0.3, 0.4) is 0 Å². The molecule has 5 aromatic rings. The van der Waals surface area contributed by atoms with Gasteiger partial charge in [0.05, 0.1) is 33.0 Å². The first-order valence-corrected chi connectivity index (χ1v) is 16.6. The first-order valence-electron chi connectivity index (χ1n) is 16.6. The van der Waals surface area contributed by atoms with E-state index >= 15 is 0 Å². The van der Waals surface area contributed by atoms with Crippen LogP contribution in [0.15, 0.2) is 146 Å². The lowest BCUT2D eigenvalue weighted by atomic mass is 9.93. The Balaban J connectivity index is 1.35. The second-order valence-corrected chi connectivity index (χ2v) is 11.8. The second-order valence-electron chi connectivity index (χ2n) is 11.8. The molecule has 5 aromatic carbocycles. The summed E-state index contributed by atoms with van der Waals surface area (Å²) in [4.78, 5) is 0. The molecule has 1 fully saturated rings. The summed E-state index contributed by atoms with van der Waals surface area (Å²) in [6, 6.07) is 48.0. The summed E-state index contributed by atoms with van der Waals surface area (Å²) in [7, 11) is 0. The highest BCUT2D eigenvalue weighted by atomic mass is 16.6. The second kappa shape index (κ2) is 18.0. The lowest BCUT2D eigenvalue weighted by Gasteiger charge is -2.45. The highest BCUT2D eigenvalue weighted by molar-refractivity contribution is 5.49. The van der Waals surface area contributed by atoms with Gasteiger partial charge in [0, 0.05) is 11.1 Å². The lowest BCUT2D eigenvalue weighted by molar-refractivity contribution is -0.261. The van der Waals surface area contributed by atoms with Gasteiger partial charge in [-0.2, -0.15) is 0 Å². The minimum Gasteiger partial charge on any atom is -0.374 e. The molecule has 5 nitrogen and oxygen atoms in total. The molecule has 1 saturated heterocycles. The monoisotopic (exact) mass is 648 g/mol. The summed E-state index contributed by atoms with van der Waals surface area (Å²) in [6.07, 6.45) is 2.96. The molecule has 0 radical (unpaired) electrons. The van der Waals surface area contributed by atoms with Gasteiger partial charge in [0.2, 0.25) is 0 Å². The maximum Gasteiger partial charge on any atom is 0.147 e. The van der Waals surface area contributed by atoms with E-state index in [0.717, 1.165) is 33.4 Å². The van der Waals surface area contributed by atoms with E-state index in [1.165, 1.54) is 0 Å². The summed E-state index contributed by atoms with van der Waals surface area (Å²) in [5.41, 5.74) is 5.66. The van der Waals surface area contributed by atoms with Crippen molar-refractivity contribution >= 4 is 0 Å². The van der Waals surface area contributed by atoms with Crippen LogP contribution in [0.25, 0.3) is 0 Å². The third-order valence-electron chi connectivity index (χ3n) is 8.31. The standard InChI is InChI=1S/C44H40O5/c1-2-38-25-15-16-26-39(38)27-28-40-42(46-30-35-19-9-4-10-20-35)44(48-32-37-23-13-6-14-24-37)43(47-31-36-21-11-5-12-22-36)41(49-40)33-45-29-34-17-7-3-8-18-34/h1,3-26,40-44H,29-33H2/t40-,41+,42-,43+,44+/m0/s1. The highest BCUT2D eigenvalue weighted by Crippen LogP contribution is 2.31. The molecule has 1 heterocycles. The molecule has 5 atom stereocenters. The Morgan fingerprint density at radius 2 is 0.918 bits per heavy atom. The Morgan fingerprint density at radius 3 is 1.43 bits per heavy atom. The van der Waals surface area contributed by atoms with Crippen molar-refractivity contribution in [3.63, 3.8) is 0 Å². The fraction of sp³-hybridized carbons (Fsp3) is 0.227. The molecule has 0 spiro atoms. The van der Waals surface area contributed by atoms with Crippen molar-refractivity contribution in [3.05, 3.63) is 179 Å². The fourth-order valence-electron chi connectivity index (χ4n) is 5.77. The van der Waals surface area contributed by atoms with E-state index in [4.69, 9.17) is 30.1 Å². The average Bonchev–Trinajstić information content (AvgIpc) is 3.17. The smallest absolute Gasteiger partial charge is 0.147 e. The molecule has 1 aliphatic heterocycles. The molecule has 246 valence electrons. The van der Waals surface area contributed by atoms with Crippen molar-refractivity contribution < 1.29 is 23.7 Å². The third kappa shape index (κ3) is 9.78. The normalized spacial score (nSPS) is 20.1. The van der Waals surface area contributed by atoms with E-state index in [0.29, 0.717) is 26.4 Å². The molecule has 49 heavy (non-hydrogen) atoms. The van der Waals surface area contributed by atoms with Crippen molar-refractivity contribution in [1.29, 1.82) is 0 Å². The van der Waals surface area contributed by atoms with E-state index in [-0.39, 0.29) is 6.61 Å². The molecule has 0 saturated carbocycles. The van der Waals surface area contributed by atoms with Gasteiger partial charge in [0.25, 0.3) is 0 Å². The Bertz CT molecular complexity index is 1810. The molecule has 0 aliphatic carbocycles. The summed E-state index contributed by atoms with van der Waals surface area (Å²) >= 11 is 0. The SMILES string of the molecule is C#Cc1ccccc1C#C[C@@H]1O[C@H](COCc2ccccc2)[C@@H](OCc2ccccc2)[C@H](OCc2ccccc2)[C@H]1OCc1ccccc1. The summed E-state index contributed by atoms with van der Waals surface area (Å²) < 4.78 is 33.4. The van der Waals surface area contributed by atoms with Gasteiger partial charge >= 0.3 is 0 Å². The van der Waals surface area contributed by atoms with Gasteiger partial charge in [0.1, 0.15) is 30.5 Å². The summed E-state index contributed by atoms with van der Waals surface area (Å²) in [5.74, 6) is 9.41. The van der Waals surface area contributed by atoms with Gasteiger partial charge in [-0.05, 0) is 34.4 Å². The molecule has 1 aliphatic rings. The number of hydrogen-bond donors (Lipinski definition) is 0. The Hall–Kier alpha value is -4.98. The average molecular weight is 649 g/mol. The minimum atomic E-state index is -0.669. The van der Waals surface area contributed by atoms with Gasteiger partial charge in [-0.25, -0.2) is 0 Å². The number of ether oxygens (including phenoxy) is 5. The van der Waals surface area contributed by atoms with Crippen LogP contribution in [-0.4, -0.2) is 37.1 Å². The Morgan fingerprint density at radius 1 is 0.490 bits per heavy atom. The van der Waals surface area contributed by atoms with E-state index in [1.54, 1.807) is 0 Å². The van der Waals surface area contributed by atoms with Crippen molar-refractivity contribution in [2.45, 2.75) is 56.9 Å². The van der Waals surface area contributed by atoms with Crippen molar-refractivity contribution in [2.75, 3.05) is 6.61 Å². The van der Waals surface area contributed by atoms with Gasteiger partial charge in [-0.15, -0.1) is 6.42 Å². The molecule has 0 unspecified atom stereocenters. The first kappa shape index (κ1) is 33.9. The highest BCUT2D eigenvalue weighted by Gasteiger charge is 2.48. The van der Waals surface area contributed by atoms with Crippen LogP contribution in [0.5, 0.6) is 0 Å². The Kier molecular flexibility index (Phi) is 12.4. The molecule has 5 heteroatoms. The van der Waals surface area contributed by atoms with Crippen molar-refractivity contribution in [2.24, 2.45) is 0 Å². The van der Waals surface area contributed by atoms with Crippen LogP contribution in [0, 0.1) is 24.2 Å². The number of rotatable bonds is 13. The zero-order valence-electron chi connectivity index (χ0n) is 27.4. The molecule has 0 bridgehead atoms. The minimum absolute atomic E-state index is 0.268. The molecule has 0 amide bonds. The van der Waals surface area contributed by atoms with Crippen LogP contribution in [0.1, 0.15) is 33.4 Å². The molecular weight excluding hydrogens is 608 g/mol. The van der Waals surface area contributed by atoms with E-state index in [9.17, 15) is 0 Å². The zero-order chi connectivity index (χ0) is 33.5. The lowest BCUT2D eigenvalue weighted by Crippen LogP contribution is -2.60. The van der Waals surface area contributed by atoms with Gasteiger partial charge in [0.15, 0.2) is 0 Å². The number of benzene rings is 5. The number of hydrogen-bond acceptors (Lipinski definition) is 5. The van der Waals surface area contributed by atoms with Gasteiger partial charge in [-0.3, -0.25) is 0 Å². The predicted octanol–water partition coefficient (Wildman–Crippen LogP) is 7.76. The van der Waals surface area contributed by atoms with Crippen LogP contribution in [0.2, 0.25) is 0 Å². The Labute approximate surface area is 289 Å².